The van der Waals surface area contributed by atoms with E-state index in [-0.39, 0.29) is 11.3 Å². The Bertz CT molecular complexity index is 1580. The van der Waals surface area contributed by atoms with Crippen LogP contribution in [0.15, 0.2) is 76.4 Å². The lowest BCUT2D eigenvalue weighted by atomic mass is 9.94. The number of hydrogen-bond acceptors (Lipinski definition) is 7. The zero-order valence-electron chi connectivity index (χ0n) is 21.1. The van der Waals surface area contributed by atoms with E-state index in [9.17, 15) is 14.7 Å². The highest BCUT2D eigenvalue weighted by molar-refractivity contribution is 6.31. The molecule has 0 spiro atoms. The highest BCUT2D eigenvalue weighted by Gasteiger charge is 2.46. The van der Waals surface area contributed by atoms with Crippen molar-refractivity contribution in [3.05, 3.63) is 93.9 Å². The fourth-order valence-corrected chi connectivity index (χ4v) is 4.82. The highest BCUT2D eigenvalue weighted by Crippen LogP contribution is 2.47. The highest BCUT2D eigenvalue weighted by atomic mass is 35.5. The second-order valence-electron chi connectivity index (χ2n) is 8.76. The Labute approximate surface area is 223 Å². The molecular weight excluding hydrogens is 510 g/mol. The van der Waals surface area contributed by atoms with Crippen LogP contribution in [-0.2, 0) is 4.79 Å². The molecule has 3 aromatic carbocycles. The van der Waals surface area contributed by atoms with Crippen LogP contribution in [-0.4, -0.2) is 38.1 Å². The van der Waals surface area contributed by atoms with Crippen LogP contribution in [0.4, 0.5) is 5.69 Å². The molecule has 1 N–H and O–H groups in total. The third-order valence-electron chi connectivity index (χ3n) is 6.47. The van der Waals surface area contributed by atoms with Crippen molar-refractivity contribution < 1.29 is 33.3 Å². The van der Waals surface area contributed by atoms with Crippen molar-refractivity contribution in [1.82, 2.24) is 0 Å². The zero-order chi connectivity index (χ0) is 27.1. The number of nitrogens with zero attached hydrogens (tertiary/aromatic N) is 1. The summed E-state index contributed by atoms with van der Waals surface area (Å²) >= 11 is 6.10. The number of anilines is 1. The number of carbonyl (C=O) groups excluding carboxylic acids is 2. The number of ether oxygens (including phenoxy) is 3. The number of benzene rings is 3. The summed E-state index contributed by atoms with van der Waals surface area (Å²) in [5, 5.41) is 12.2. The standard InChI is InChI=1S/C29H24ClNO7/c1-15-5-8-19(9-6-15)31-25(17-13-22(35-2)28(37-4)23(14-17)36-3)24(27(33)29(31)34)26(32)21-12-16-11-18(30)7-10-20(16)38-21/h5-14,25,33H,1-4H3. The number of carbonyl (C=O) groups is 2. The fourth-order valence-electron chi connectivity index (χ4n) is 4.64. The third-order valence-corrected chi connectivity index (χ3v) is 6.70. The number of furan rings is 1. The maximum atomic E-state index is 13.9. The molecule has 0 aliphatic carbocycles. The van der Waals surface area contributed by atoms with E-state index in [1.54, 1.807) is 42.5 Å². The van der Waals surface area contributed by atoms with Gasteiger partial charge in [0.1, 0.15) is 5.58 Å². The summed E-state index contributed by atoms with van der Waals surface area (Å²) in [5.74, 6) is -1.08. The Kier molecular flexibility index (Phi) is 6.50. The van der Waals surface area contributed by atoms with E-state index in [2.05, 4.69) is 0 Å². The Morgan fingerprint density at radius 1 is 0.947 bits per heavy atom. The number of methoxy groups -OCH3 is 3. The molecule has 0 saturated carbocycles. The molecule has 4 aromatic rings. The minimum absolute atomic E-state index is 0.0418. The molecule has 1 aliphatic rings. The zero-order valence-corrected chi connectivity index (χ0v) is 21.8. The number of aliphatic hydroxyl groups excluding tert-OH is 1. The number of Topliss-reactive ketones (excluding diaryl/α,β-unsaturated/α-hetero) is 1. The van der Waals surface area contributed by atoms with Gasteiger partial charge >= 0.3 is 0 Å². The smallest absolute Gasteiger partial charge is 0.294 e. The van der Waals surface area contributed by atoms with Gasteiger partial charge in [0.15, 0.2) is 23.0 Å². The molecule has 9 heteroatoms. The topological polar surface area (TPSA) is 98.4 Å². The maximum absolute atomic E-state index is 13.9. The Hall–Kier alpha value is -4.43. The molecule has 0 bridgehead atoms. The van der Waals surface area contributed by atoms with Crippen LogP contribution in [0.1, 0.15) is 27.7 Å². The first-order valence-corrected chi connectivity index (χ1v) is 12.0. The average molecular weight is 534 g/mol. The predicted molar refractivity (Wildman–Crippen MR) is 143 cm³/mol. The van der Waals surface area contributed by atoms with Gasteiger partial charge in [-0.05, 0) is 61.0 Å². The van der Waals surface area contributed by atoms with Gasteiger partial charge < -0.3 is 23.7 Å². The summed E-state index contributed by atoms with van der Waals surface area (Å²) < 4.78 is 22.3. The molecule has 0 fully saturated rings. The summed E-state index contributed by atoms with van der Waals surface area (Å²) in [6.45, 7) is 1.92. The molecule has 5 rings (SSSR count). The van der Waals surface area contributed by atoms with Gasteiger partial charge in [-0.3, -0.25) is 14.5 Å². The molecule has 0 radical (unpaired) electrons. The van der Waals surface area contributed by atoms with Gasteiger partial charge in [-0.2, -0.15) is 0 Å². The molecule has 1 atom stereocenters. The number of halogens is 1. The first-order valence-electron chi connectivity index (χ1n) is 11.6. The molecule has 194 valence electrons. The summed E-state index contributed by atoms with van der Waals surface area (Å²) in [4.78, 5) is 28.8. The molecule has 1 aliphatic heterocycles. The van der Waals surface area contributed by atoms with E-state index in [1.807, 2.05) is 19.1 Å². The van der Waals surface area contributed by atoms with Crippen LogP contribution in [0.2, 0.25) is 5.02 Å². The van der Waals surface area contributed by atoms with E-state index in [4.69, 9.17) is 30.2 Å². The quantitative estimate of drug-likeness (QED) is 0.282. The normalized spacial score (nSPS) is 15.3. The van der Waals surface area contributed by atoms with Gasteiger partial charge in [0.2, 0.25) is 11.5 Å². The van der Waals surface area contributed by atoms with Crippen LogP contribution in [0, 0.1) is 6.92 Å². The first kappa shape index (κ1) is 25.2. The van der Waals surface area contributed by atoms with Crippen molar-refractivity contribution >= 4 is 39.9 Å². The molecular formula is C29H24ClNO7. The van der Waals surface area contributed by atoms with E-state index in [1.165, 1.54) is 32.3 Å². The Morgan fingerprint density at radius 2 is 1.61 bits per heavy atom. The number of ketones is 1. The van der Waals surface area contributed by atoms with Gasteiger partial charge in [0.05, 0.1) is 32.9 Å². The monoisotopic (exact) mass is 533 g/mol. The second kappa shape index (κ2) is 9.79. The molecule has 1 unspecified atom stereocenters. The Balaban J connectivity index is 1.71. The predicted octanol–water partition coefficient (Wildman–Crippen LogP) is 6.20. The Morgan fingerprint density at radius 3 is 2.21 bits per heavy atom. The molecule has 38 heavy (non-hydrogen) atoms. The average Bonchev–Trinajstić information content (AvgIpc) is 3.46. The number of rotatable bonds is 7. The van der Waals surface area contributed by atoms with Crippen LogP contribution in [0.25, 0.3) is 11.0 Å². The molecule has 1 amide bonds. The van der Waals surface area contributed by atoms with E-state index in [0.717, 1.165) is 5.56 Å². The van der Waals surface area contributed by atoms with Gasteiger partial charge in [-0.15, -0.1) is 0 Å². The lowest BCUT2D eigenvalue weighted by Crippen LogP contribution is -2.31. The summed E-state index contributed by atoms with van der Waals surface area (Å²) in [6, 6.07) is 16.0. The van der Waals surface area contributed by atoms with Crippen molar-refractivity contribution in [2.45, 2.75) is 13.0 Å². The number of fused-ring (bicyclic) bond motifs is 1. The fraction of sp³-hybridized carbons (Fsp3) is 0.172. The first-order chi connectivity index (χ1) is 18.3. The van der Waals surface area contributed by atoms with Crippen molar-refractivity contribution in [2.75, 3.05) is 26.2 Å². The van der Waals surface area contributed by atoms with E-state index < -0.39 is 23.5 Å². The van der Waals surface area contributed by atoms with Crippen LogP contribution < -0.4 is 19.1 Å². The van der Waals surface area contributed by atoms with Crippen LogP contribution >= 0.6 is 11.6 Å². The SMILES string of the molecule is COc1cc(C2C(C(=O)c3cc4cc(Cl)ccc4o3)=C(O)C(=O)N2c2ccc(C)cc2)cc(OC)c1OC. The third kappa shape index (κ3) is 4.13. The molecule has 2 heterocycles. The van der Waals surface area contributed by atoms with Gasteiger partial charge in [0, 0.05) is 16.1 Å². The number of amides is 1. The van der Waals surface area contributed by atoms with Crippen molar-refractivity contribution in [3.63, 3.8) is 0 Å². The van der Waals surface area contributed by atoms with Gasteiger partial charge in [-0.25, -0.2) is 0 Å². The number of hydrogen-bond donors (Lipinski definition) is 1. The van der Waals surface area contributed by atoms with Crippen LogP contribution in [0.3, 0.4) is 0 Å². The lowest BCUT2D eigenvalue weighted by molar-refractivity contribution is -0.117. The minimum Gasteiger partial charge on any atom is -0.503 e. The summed E-state index contributed by atoms with van der Waals surface area (Å²) in [6.07, 6.45) is 0. The molecule has 0 saturated heterocycles. The van der Waals surface area contributed by atoms with Crippen molar-refractivity contribution in [2.24, 2.45) is 0 Å². The van der Waals surface area contributed by atoms with E-state index >= 15 is 0 Å². The largest absolute Gasteiger partial charge is 0.503 e. The van der Waals surface area contributed by atoms with Gasteiger partial charge in [-0.1, -0.05) is 29.3 Å². The lowest BCUT2D eigenvalue weighted by Gasteiger charge is -2.28. The van der Waals surface area contributed by atoms with Crippen LogP contribution in [0.5, 0.6) is 17.2 Å². The van der Waals surface area contributed by atoms with Crippen molar-refractivity contribution in [3.8, 4) is 17.2 Å². The molecule has 1 aromatic heterocycles. The van der Waals surface area contributed by atoms with E-state index in [0.29, 0.717) is 44.5 Å². The van der Waals surface area contributed by atoms with Gasteiger partial charge in [0.25, 0.3) is 5.91 Å². The summed E-state index contributed by atoms with van der Waals surface area (Å²) in [7, 11) is 4.42. The maximum Gasteiger partial charge on any atom is 0.294 e. The number of aryl methyl sites for hydroxylation is 1. The van der Waals surface area contributed by atoms with Crippen molar-refractivity contribution in [1.29, 1.82) is 0 Å². The minimum atomic E-state index is -1.02. The number of aliphatic hydroxyl groups is 1. The summed E-state index contributed by atoms with van der Waals surface area (Å²) in [5.41, 5.74) is 2.24. The molecule has 8 nitrogen and oxygen atoms in total. The second-order valence-corrected chi connectivity index (χ2v) is 9.19.